The van der Waals surface area contributed by atoms with Gasteiger partial charge < -0.3 is 5.32 Å². The SMILES string of the molecule is O=S(=O)(NC1CCCSC1)c1ccc(CCNC2CC2)s1. The second-order valence-corrected chi connectivity index (χ2v) is 9.99. The minimum Gasteiger partial charge on any atom is -0.314 e. The molecule has 1 aliphatic heterocycles. The van der Waals surface area contributed by atoms with Crippen LogP contribution in [-0.4, -0.2) is 38.6 Å². The molecule has 0 radical (unpaired) electrons. The number of nitrogens with one attached hydrogen (secondary N) is 2. The number of hydrogen-bond acceptors (Lipinski definition) is 5. The van der Waals surface area contributed by atoms with Gasteiger partial charge >= 0.3 is 0 Å². The molecule has 1 unspecified atom stereocenters. The van der Waals surface area contributed by atoms with Crippen LogP contribution >= 0.6 is 23.1 Å². The minimum absolute atomic E-state index is 0.0934. The van der Waals surface area contributed by atoms with Crippen LogP contribution in [0.25, 0.3) is 0 Å². The number of rotatable bonds is 7. The van der Waals surface area contributed by atoms with Gasteiger partial charge in [-0.3, -0.25) is 0 Å². The lowest BCUT2D eigenvalue weighted by Crippen LogP contribution is -2.37. The van der Waals surface area contributed by atoms with Gasteiger partial charge in [-0.25, -0.2) is 13.1 Å². The van der Waals surface area contributed by atoms with Crippen LogP contribution in [0.1, 0.15) is 30.6 Å². The van der Waals surface area contributed by atoms with Crippen LogP contribution in [0.4, 0.5) is 0 Å². The molecule has 1 saturated carbocycles. The molecule has 1 atom stereocenters. The second-order valence-electron chi connectivity index (χ2n) is 5.73. The maximum Gasteiger partial charge on any atom is 0.250 e. The average Bonchev–Trinajstić information content (AvgIpc) is 3.15. The van der Waals surface area contributed by atoms with Crippen molar-refractivity contribution >= 4 is 33.1 Å². The van der Waals surface area contributed by atoms with Crippen molar-refractivity contribution < 1.29 is 8.42 Å². The summed E-state index contributed by atoms with van der Waals surface area (Å²) >= 11 is 3.24. The highest BCUT2D eigenvalue weighted by Gasteiger charge is 2.24. The highest BCUT2D eigenvalue weighted by Crippen LogP contribution is 2.25. The van der Waals surface area contributed by atoms with Gasteiger partial charge in [0.2, 0.25) is 10.0 Å². The quantitative estimate of drug-likeness (QED) is 0.795. The maximum atomic E-state index is 12.4. The van der Waals surface area contributed by atoms with E-state index in [9.17, 15) is 8.42 Å². The van der Waals surface area contributed by atoms with Gasteiger partial charge in [-0.1, -0.05) is 0 Å². The third kappa shape index (κ3) is 4.69. The zero-order valence-corrected chi connectivity index (χ0v) is 14.5. The molecule has 1 aromatic heterocycles. The van der Waals surface area contributed by atoms with Gasteiger partial charge in [-0.15, -0.1) is 11.3 Å². The summed E-state index contributed by atoms with van der Waals surface area (Å²) in [5, 5.41) is 3.46. The van der Waals surface area contributed by atoms with E-state index in [4.69, 9.17) is 0 Å². The van der Waals surface area contributed by atoms with Gasteiger partial charge in [0.1, 0.15) is 4.21 Å². The number of sulfonamides is 1. The molecular formula is C14H22N2O2S3. The zero-order valence-electron chi connectivity index (χ0n) is 12.0. The Morgan fingerprint density at radius 1 is 1.19 bits per heavy atom. The largest absolute Gasteiger partial charge is 0.314 e. The summed E-state index contributed by atoms with van der Waals surface area (Å²) < 4.78 is 28.1. The van der Waals surface area contributed by atoms with E-state index in [2.05, 4.69) is 10.0 Å². The van der Waals surface area contributed by atoms with Crippen LogP contribution in [0.15, 0.2) is 16.3 Å². The summed E-state index contributed by atoms with van der Waals surface area (Å²) in [6, 6.07) is 4.49. The van der Waals surface area contributed by atoms with E-state index in [1.54, 1.807) is 6.07 Å². The first kappa shape index (κ1) is 15.8. The lowest BCUT2D eigenvalue weighted by Gasteiger charge is -2.21. The van der Waals surface area contributed by atoms with Crippen molar-refractivity contribution in [3.05, 3.63) is 17.0 Å². The summed E-state index contributed by atoms with van der Waals surface area (Å²) in [6.07, 6.45) is 5.53. The van der Waals surface area contributed by atoms with E-state index in [0.29, 0.717) is 10.3 Å². The van der Waals surface area contributed by atoms with Crippen LogP contribution in [0, 0.1) is 0 Å². The summed E-state index contributed by atoms with van der Waals surface area (Å²) in [5.74, 6) is 2.04. The predicted octanol–water partition coefficient (Wildman–Crippen LogP) is 2.22. The first-order valence-electron chi connectivity index (χ1n) is 7.56. The van der Waals surface area contributed by atoms with Gasteiger partial charge in [0, 0.05) is 29.3 Å². The van der Waals surface area contributed by atoms with Crippen molar-refractivity contribution in [1.82, 2.24) is 10.0 Å². The predicted molar refractivity (Wildman–Crippen MR) is 89.7 cm³/mol. The molecule has 7 heteroatoms. The fourth-order valence-corrected chi connectivity index (χ4v) is 6.25. The van der Waals surface area contributed by atoms with E-state index in [-0.39, 0.29) is 6.04 Å². The molecule has 0 spiro atoms. The molecule has 2 heterocycles. The van der Waals surface area contributed by atoms with Gasteiger partial charge in [0.25, 0.3) is 0 Å². The number of thioether (sulfide) groups is 1. The molecule has 2 N–H and O–H groups in total. The highest BCUT2D eigenvalue weighted by atomic mass is 32.2. The fraction of sp³-hybridized carbons (Fsp3) is 0.714. The average molecular weight is 347 g/mol. The van der Waals surface area contributed by atoms with Crippen LogP contribution in [0.3, 0.4) is 0 Å². The monoisotopic (exact) mass is 346 g/mol. The van der Waals surface area contributed by atoms with Crippen molar-refractivity contribution in [2.24, 2.45) is 0 Å². The molecule has 118 valence electrons. The van der Waals surface area contributed by atoms with Crippen molar-refractivity contribution in [1.29, 1.82) is 0 Å². The van der Waals surface area contributed by atoms with Gasteiger partial charge in [-0.05, 0) is 50.0 Å². The molecule has 1 aliphatic carbocycles. The smallest absolute Gasteiger partial charge is 0.250 e. The molecule has 4 nitrogen and oxygen atoms in total. The first-order chi connectivity index (χ1) is 10.1. The molecule has 0 bridgehead atoms. The van der Waals surface area contributed by atoms with Crippen molar-refractivity contribution in [2.75, 3.05) is 18.1 Å². The topological polar surface area (TPSA) is 58.2 Å². The molecular weight excluding hydrogens is 324 g/mol. The van der Waals surface area contributed by atoms with Crippen LogP contribution < -0.4 is 10.0 Å². The standard InChI is InChI=1S/C14H22N2O2S3/c17-21(18,16-12-2-1-9-19-10-12)14-6-5-13(20-14)7-8-15-11-3-4-11/h5-6,11-12,15-16H,1-4,7-10H2. The maximum absolute atomic E-state index is 12.4. The minimum atomic E-state index is -3.33. The number of thiophene rings is 1. The molecule has 2 aliphatic rings. The van der Waals surface area contributed by atoms with E-state index in [1.165, 1.54) is 24.2 Å². The Kier molecular flexibility index (Phi) is 5.27. The van der Waals surface area contributed by atoms with Gasteiger partial charge in [-0.2, -0.15) is 11.8 Å². The Hall–Kier alpha value is -0.0800. The Morgan fingerprint density at radius 2 is 2.05 bits per heavy atom. The van der Waals surface area contributed by atoms with Gasteiger partial charge in [0.15, 0.2) is 0 Å². The van der Waals surface area contributed by atoms with Crippen molar-refractivity contribution in [2.45, 2.75) is 48.4 Å². The van der Waals surface area contributed by atoms with E-state index in [1.807, 2.05) is 17.8 Å². The molecule has 21 heavy (non-hydrogen) atoms. The Morgan fingerprint density at radius 3 is 2.76 bits per heavy atom. The summed E-state index contributed by atoms with van der Waals surface area (Å²) in [5.41, 5.74) is 0. The van der Waals surface area contributed by atoms with Crippen molar-refractivity contribution in [3.63, 3.8) is 0 Å². The molecule has 3 rings (SSSR count). The second kappa shape index (κ2) is 7.00. The first-order valence-corrected chi connectivity index (χ1v) is 11.0. The number of hydrogen-bond donors (Lipinski definition) is 2. The van der Waals surface area contributed by atoms with Gasteiger partial charge in [0.05, 0.1) is 0 Å². The molecule has 2 fully saturated rings. The lowest BCUT2D eigenvalue weighted by atomic mass is 10.2. The molecule has 0 amide bonds. The molecule has 1 aromatic rings. The van der Waals surface area contributed by atoms with E-state index in [0.717, 1.165) is 42.2 Å². The van der Waals surface area contributed by atoms with E-state index < -0.39 is 10.0 Å². The normalized spacial score (nSPS) is 23.3. The van der Waals surface area contributed by atoms with Crippen LogP contribution in [0.5, 0.6) is 0 Å². The van der Waals surface area contributed by atoms with Crippen LogP contribution in [-0.2, 0) is 16.4 Å². The Balaban J connectivity index is 1.55. The summed E-state index contributed by atoms with van der Waals surface area (Å²) in [7, 11) is -3.33. The zero-order chi connectivity index (χ0) is 14.7. The Labute approximate surface area is 135 Å². The summed E-state index contributed by atoms with van der Waals surface area (Å²) in [6.45, 7) is 0.942. The Bertz CT molecular complexity index is 561. The third-order valence-corrected chi connectivity index (χ3v) is 8.14. The highest BCUT2D eigenvalue weighted by molar-refractivity contribution is 7.99. The van der Waals surface area contributed by atoms with E-state index >= 15 is 0 Å². The molecule has 1 saturated heterocycles. The lowest BCUT2D eigenvalue weighted by molar-refractivity contribution is 0.545. The fourth-order valence-electron chi connectivity index (χ4n) is 2.44. The summed E-state index contributed by atoms with van der Waals surface area (Å²) in [4.78, 5) is 1.14. The van der Waals surface area contributed by atoms with Crippen LogP contribution in [0.2, 0.25) is 0 Å². The third-order valence-electron chi connectivity index (χ3n) is 3.77. The molecule has 0 aromatic carbocycles. The van der Waals surface area contributed by atoms with Crippen molar-refractivity contribution in [3.8, 4) is 0 Å².